The van der Waals surface area contributed by atoms with E-state index in [1.807, 2.05) is 13.8 Å². The Morgan fingerprint density at radius 1 is 1.47 bits per heavy atom. The lowest BCUT2D eigenvalue weighted by molar-refractivity contribution is 0.102. The number of anilines is 1. The average Bonchev–Trinajstić information content (AvgIpc) is 2.80. The van der Waals surface area contributed by atoms with Gasteiger partial charge in [-0.3, -0.25) is 9.48 Å². The molecular weight excluding hydrogens is 269 g/mol. The molecule has 19 heavy (non-hydrogen) atoms. The van der Waals surface area contributed by atoms with Gasteiger partial charge in [0.1, 0.15) is 5.82 Å². The molecule has 1 heterocycles. The topological polar surface area (TPSA) is 46.9 Å². The Bertz CT molecular complexity index is 610. The molecule has 1 aromatic carbocycles. The third-order valence-corrected chi connectivity index (χ3v) is 2.80. The van der Waals surface area contributed by atoms with E-state index in [1.54, 1.807) is 10.9 Å². The molecular formula is C13H13ClFN3O. The quantitative estimate of drug-likeness (QED) is 0.936. The molecule has 1 N–H and O–H groups in total. The summed E-state index contributed by atoms with van der Waals surface area (Å²) in [7, 11) is 0. The fourth-order valence-corrected chi connectivity index (χ4v) is 1.73. The molecule has 4 nitrogen and oxygen atoms in total. The van der Waals surface area contributed by atoms with Crippen molar-refractivity contribution < 1.29 is 9.18 Å². The van der Waals surface area contributed by atoms with Crippen molar-refractivity contribution in [2.24, 2.45) is 0 Å². The molecule has 0 saturated carbocycles. The molecule has 0 unspecified atom stereocenters. The summed E-state index contributed by atoms with van der Waals surface area (Å²) in [5.41, 5.74) is 0.419. The Morgan fingerprint density at radius 3 is 2.84 bits per heavy atom. The van der Waals surface area contributed by atoms with Crippen LogP contribution in [0.4, 0.5) is 10.1 Å². The number of benzene rings is 1. The Morgan fingerprint density at radius 2 is 2.21 bits per heavy atom. The van der Waals surface area contributed by atoms with E-state index in [2.05, 4.69) is 10.4 Å². The summed E-state index contributed by atoms with van der Waals surface area (Å²) in [6, 6.07) is 4.03. The van der Waals surface area contributed by atoms with Gasteiger partial charge in [-0.1, -0.05) is 11.6 Å². The molecule has 0 saturated heterocycles. The molecule has 0 bridgehead atoms. The van der Waals surface area contributed by atoms with E-state index < -0.39 is 11.7 Å². The highest BCUT2D eigenvalue weighted by atomic mass is 35.5. The molecule has 1 aromatic heterocycles. The number of aromatic nitrogens is 2. The van der Waals surface area contributed by atoms with Gasteiger partial charge in [0, 0.05) is 17.3 Å². The lowest BCUT2D eigenvalue weighted by Crippen LogP contribution is -2.13. The van der Waals surface area contributed by atoms with Crippen molar-refractivity contribution in [2.45, 2.75) is 19.9 Å². The zero-order chi connectivity index (χ0) is 14.0. The van der Waals surface area contributed by atoms with Crippen molar-refractivity contribution in [2.75, 3.05) is 5.32 Å². The van der Waals surface area contributed by atoms with Gasteiger partial charge in [-0.15, -0.1) is 0 Å². The van der Waals surface area contributed by atoms with Crippen LogP contribution in [-0.4, -0.2) is 15.7 Å². The predicted octanol–water partition coefficient (Wildman–Crippen LogP) is 3.51. The van der Waals surface area contributed by atoms with Gasteiger partial charge in [0.05, 0.1) is 17.4 Å². The molecule has 6 heteroatoms. The van der Waals surface area contributed by atoms with Crippen LogP contribution >= 0.6 is 11.6 Å². The van der Waals surface area contributed by atoms with Gasteiger partial charge in [0.15, 0.2) is 0 Å². The molecule has 0 aliphatic carbocycles. The summed E-state index contributed by atoms with van der Waals surface area (Å²) in [5, 5.41) is 6.97. The lowest BCUT2D eigenvalue weighted by Gasteiger charge is -2.05. The number of nitrogens with one attached hydrogen (secondary N) is 1. The summed E-state index contributed by atoms with van der Waals surface area (Å²) in [6.45, 7) is 3.93. The number of halogens is 2. The van der Waals surface area contributed by atoms with Crippen molar-refractivity contribution in [3.05, 3.63) is 47.0 Å². The summed E-state index contributed by atoms with van der Waals surface area (Å²) < 4.78 is 15.2. The zero-order valence-electron chi connectivity index (χ0n) is 10.5. The number of rotatable bonds is 3. The van der Waals surface area contributed by atoms with Gasteiger partial charge in [0.2, 0.25) is 0 Å². The monoisotopic (exact) mass is 281 g/mol. The van der Waals surface area contributed by atoms with Gasteiger partial charge in [-0.25, -0.2) is 4.39 Å². The smallest absolute Gasteiger partial charge is 0.258 e. The second-order valence-electron chi connectivity index (χ2n) is 4.38. The van der Waals surface area contributed by atoms with Crippen LogP contribution in [0.25, 0.3) is 0 Å². The lowest BCUT2D eigenvalue weighted by atomic mass is 10.2. The normalized spacial score (nSPS) is 10.8. The minimum absolute atomic E-state index is 0.0928. The first-order chi connectivity index (χ1) is 8.97. The number of amides is 1. The molecule has 0 fully saturated rings. The number of nitrogens with zero attached hydrogens (tertiary/aromatic N) is 2. The Balaban J connectivity index is 2.18. The van der Waals surface area contributed by atoms with Gasteiger partial charge >= 0.3 is 0 Å². The van der Waals surface area contributed by atoms with Crippen LogP contribution in [0.1, 0.15) is 30.2 Å². The fraction of sp³-hybridized carbons (Fsp3) is 0.231. The molecule has 2 aromatic rings. The first-order valence-corrected chi connectivity index (χ1v) is 6.15. The van der Waals surface area contributed by atoms with Crippen molar-refractivity contribution in [3.8, 4) is 0 Å². The minimum Gasteiger partial charge on any atom is -0.319 e. The van der Waals surface area contributed by atoms with E-state index in [0.717, 1.165) is 6.07 Å². The predicted molar refractivity (Wildman–Crippen MR) is 72.0 cm³/mol. The van der Waals surface area contributed by atoms with Crippen LogP contribution in [0.3, 0.4) is 0 Å². The van der Waals surface area contributed by atoms with E-state index in [9.17, 15) is 9.18 Å². The largest absolute Gasteiger partial charge is 0.319 e. The minimum atomic E-state index is -0.613. The Hall–Kier alpha value is -1.88. The van der Waals surface area contributed by atoms with Crippen LogP contribution < -0.4 is 5.32 Å². The fourth-order valence-electron chi connectivity index (χ4n) is 1.55. The van der Waals surface area contributed by atoms with Crippen LogP contribution in [0.2, 0.25) is 5.02 Å². The van der Waals surface area contributed by atoms with E-state index in [0.29, 0.717) is 10.7 Å². The van der Waals surface area contributed by atoms with Crippen LogP contribution in [0, 0.1) is 5.82 Å². The number of carbonyl (C=O) groups excluding carboxylic acids is 1. The van der Waals surface area contributed by atoms with E-state index in [4.69, 9.17) is 11.6 Å². The maximum absolute atomic E-state index is 13.5. The first kappa shape index (κ1) is 13.5. The average molecular weight is 282 g/mol. The molecule has 0 atom stereocenters. The Labute approximate surface area is 115 Å². The summed E-state index contributed by atoms with van der Waals surface area (Å²) in [5.74, 6) is -1.17. The molecule has 2 rings (SSSR count). The molecule has 100 valence electrons. The third-order valence-electron chi connectivity index (χ3n) is 2.56. The standard InChI is InChI=1S/C13H13ClFN3O/c1-8(2)18-7-10(6-16-18)17-13(19)11-5-9(14)3-4-12(11)15/h3-8H,1-2H3,(H,17,19). The second-order valence-corrected chi connectivity index (χ2v) is 4.82. The highest BCUT2D eigenvalue weighted by Gasteiger charge is 2.13. The summed E-state index contributed by atoms with van der Waals surface area (Å²) in [6.07, 6.45) is 3.20. The van der Waals surface area contributed by atoms with E-state index >= 15 is 0 Å². The van der Waals surface area contributed by atoms with Crippen molar-refractivity contribution in [1.82, 2.24) is 9.78 Å². The first-order valence-electron chi connectivity index (χ1n) is 5.78. The van der Waals surface area contributed by atoms with Gasteiger partial charge in [-0.2, -0.15) is 5.10 Å². The number of hydrogen-bond donors (Lipinski definition) is 1. The molecule has 1 amide bonds. The molecule has 0 aliphatic heterocycles. The van der Waals surface area contributed by atoms with E-state index in [-0.39, 0.29) is 11.6 Å². The van der Waals surface area contributed by atoms with Gasteiger partial charge in [-0.05, 0) is 32.0 Å². The second kappa shape index (κ2) is 5.40. The molecule has 0 spiro atoms. The third kappa shape index (κ3) is 3.12. The van der Waals surface area contributed by atoms with Gasteiger partial charge < -0.3 is 5.32 Å². The van der Waals surface area contributed by atoms with Crippen LogP contribution in [0.5, 0.6) is 0 Å². The van der Waals surface area contributed by atoms with Crippen LogP contribution in [-0.2, 0) is 0 Å². The molecule has 0 aliphatic rings. The molecule has 0 radical (unpaired) electrons. The van der Waals surface area contributed by atoms with Crippen LogP contribution in [0.15, 0.2) is 30.6 Å². The van der Waals surface area contributed by atoms with Crippen molar-refractivity contribution in [3.63, 3.8) is 0 Å². The highest BCUT2D eigenvalue weighted by molar-refractivity contribution is 6.31. The maximum Gasteiger partial charge on any atom is 0.258 e. The maximum atomic E-state index is 13.5. The summed E-state index contributed by atoms with van der Waals surface area (Å²) in [4.78, 5) is 11.9. The van der Waals surface area contributed by atoms with Crippen molar-refractivity contribution in [1.29, 1.82) is 0 Å². The number of hydrogen-bond acceptors (Lipinski definition) is 2. The van der Waals surface area contributed by atoms with E-state index in [1.165, 1.54) is 18.3 Å². The Kier molecular flexibility index (Phi) is 3.85. The highest BCUT2D eigenvalue weighted by Crippen LogP contribution is 2.17. The zero-order valence-corrected chi connectivity index (χ0v) is 11.3. The van der Waals surface area contributed by atoms with Crippen molar-refractivity contribution >= 4 is 23.2 Å². The van der Waals surface area contributed by atoms with Gasteiger partial charge in [0.25, 0.3) is 5.91 Å². The SMILES string of the molecule is CC(C)n1cc(NC(=O)c2cc(Cl)ccc2F)cn1. The summed E-state index contributed by atoms with van der Waals surface area (Å²) >= 11 is 5.75. The number of carbonyl (C=O) groups is 1.